The zero-order valence-corrected chi connectivity index (χ0v) is 13.9. The summed E-state index contributed by atoms with van der Waals surface area (Å²) in [7, 11) is 0. The van der Waals surface area contributed by atoms with Crippen LogP contribution in [0, 0.1) is 0 Å². The van der Waals surface area contributed by atoms with Gasteiger partial charge in [0.2, 0.25) is 0 Å². The van der Waals surface area contributed by atoms with E-state index in [9.17, 15) is 9.90 Å². The van der Waals surface area contributed by atoms with E-state index >= 15 is 0 Å². The fraction of sp³-hybridized carbons (Fsp3) is 0. The van der Waals surface area contributed by atoms with Gasteiger partial charge in [0.1, 0.15) is 5.69 Å². The summed E-state index contributed by atoms with van der Waals surface area (Å²) < 4.78 is 0. The Morgan fingerprint density at radius 3 is 2.79 bits per heavy atom. The second kappa shape index (κ2) is 5.85. The minimum Gasteiger partial charge on any atom is -0.477 e. The van der Waals surface area contributed by atoms with Gasteiger partial charge in [0.05, 0.1) is 5.52 Å². The molecule has 0 unspecified atom stereocenters. The fourth-order valence-corrected chi connectivity index (χ4v) is 4.05. The maximum atomic E-state index is 11.2. The van der Waals surface area contributed by atoms with Crippen LogP contribution in [-0.2, 0) is 0 Å². The van der Waals surface area contributed by atoms with Gasteiger partial charge in [-0.25, -0.2) is 4.79 Å². The van der Waals surface area contributed by atoms with Crippen LogP contribution in [0.4, 0.5) is 0 Å². The minimum atomic E-state index is -0.995. The number of fused-ring (bicyclic) bond motifs is 2. The molecule has 4 rings (SSSR count). The van der Waals surface area contributed by atoms with Crippen molar-refractivity contribution < 1.29 is 9.90 Å². The number of nitrogens with zero attached hydrogens (tertiary/aromatic N) is 1. The smallest absolute Gasteiger partial charge is 0.352 e. The van der Waals surface area contributed by atoms with Crippen molar-refractivity contribution in [2.75, 3.05) is 0 Å². The largest absolute Gasteiger partial charge is 0.477 e. The van der Waals surface area contributed by atoms with Crippen molar-refractivity contribution in [3.05, 3.63) is 65.4 Å². The van der Waals surface area contributed by atoms with Gasteiger partial charge in [-0.3, -0.25) is 4.98 Å². The first-order chi connectivity index (χ1) is 11.6. The molecule has 0 aliphatic rings. The van der Waals surface area contributed by atoms with E-state index in [1.54, 1.807) is 18.3 Å². The van der Waals surface area contributed by atoms with Gasteiger partial charge in [0.25, 0.3) is 0 Å². The molecule has 118 valence electrons. The standard InChI is InChI=1S/C18H11ClN2O2S/c19-11-7-13-12(9-14(21-13)18(22)23)16(8-11)24-15-5-1-3-10-4-2-6-20-17(10)15/h1-9,21H,(H,22,23). The Balaban J connectivity index is 1.88. The Hall–Kier alpha value is -2.50. The lowest BCUT2D eigenvalue weighted by atomic mass is 10.2. The van der Waals surface area contributed by atoms with E-state index in [-0.39, 0.29) is 5.69 Å². The number of aromatic amines is 1. The van der Waals surface area contributed by atoms with Gasteiger partial charge in [0.15, 0.2) is 0 Å². The molecular weight excluding hydrogens is 344 g/mol. The number of rotatable bonds is 3. The number of hydrogen-bond donors (Lipinski definition) is 2. The zero-order chi connectivity index (χ0) is 16.7. The molecular formula is C18H11ClN2O2S. The van der Waals surface area contributed by atoms with Crippen molar-refractivity contribution in [3.8, 4) is 0 Å². The first kappa shape index (κ1) is 15.1. The summed E-state index contributed by atoms with van der Waals surface area (Å²) >= 11 is 7.73. The molecule has 0 bridgehead atoms. The van der Waals surface area contributed by atoms with Crippen LogP contribution in [0.25, 0.3) is 21.8 Å². The molecule has 4 nitrogen and oxygen atoms in total. The van der Waals surface area contributed by atoms with Crippen molar-refractivity contribution in [1.29, 1.82) is 0 Å². The van der Waals surface area contributed by atoms with Crippen LogP contribution in [0.15, 0.2) is 64.5 Å². The number of carbonyl (C=O) groups is 1. The third-order valence-corrected chi connectivity index (χ3v) is 5.04. The first-order valence-electron chi connectivity index (χ1n) is 7.19. The van der Waals surface area contributed by atoms with Crippen LogP contribution in [0.5, 0.6) is 0 Å². The SMILES string of the molecule is O=C(O)c1cc2c(Sc3cccc4cccnc34)cc(Cl)cc2[nH]1. The average molecular weight is 355 g/mol. The molecule has 0 atom stereocenters. The van der Waals surface area contributed by atoms with E-state index < -0.39 is 5.97 Å². The zero-order valence-electron chi connectivity index (χ0n) is 12.3. The van der Waals surface area contributed by atoms with Gasteiger partial charge in [-0.15, -0.1) is 0 Å². The number of benzene rings is 2. The second-order valence-corrected chi connectivity index (χ2v) is 6.81. The molecule has 24 heavy (non-hydrogen) atoms. The molecule has 0 spiro atoms. The lowest BCUT2D eigenvalue weighted by Gasteiger charge is -2.07. The molecule has 0 amide bonds. The van der Waals surface area contributed by atoms with Crippen LogP contribution in [0.2, 0.25) is 5.02 Å². The van der Waals surface area contributed by atoms with Crippen LogP contribution in [-0.4, -0.2) is 21.0 Å². The third-order valence-electron chi connectivity index (χ3n) is 3.71. The summed E-state index contributed by atoms with van der Waals surface area (Å²) in [5, 5.41) is 11.6. The summed E-state index contributed by atoms with van der Waals surface area (Å²) in [4.78, 5) is 20.4. The predicted octanol–water partition coefficient (Wildman–Crippen LogP) is 5.22. The van der Waals surface area contributed by atoms with Crippen LogP contribution >= 0.6 is 23.4 Å². The van der Waals surface area contributed by atoms with Crippen molar-refractivity contribution >= 4 is 51.1 Å². The van der Waals surface area contributed by atoms with Crippen molar-refractivity contribution in [2.24, 2.45) is 0 Å². The highest BCUT2D eigenvalue weighted by atomic mass is 35.5. The van der Waals surface area contributed by atoms with E-state index in [0.717, 1.165) is 26.1 Å². The van der Waals surface area contributed by atoms with Gasteiger partial charge >= 0.3 is 5.97 Å². The summed E-state index contributed by atoms with van der Waals surface area (Å²) in [5.74, 6) is -0.995. The number of carboxylic acid groups (broad SMARTS) is 1. The Bertz CT molecular complexity index is 1090. The maximum absolute atomic E-state index is 11.2. The molecule has 0 saturated carbocycles. The van der Waals surface area contributed by atoms with Gasteiger partial charge in [0, 0.05) is 37.3 Å². The molecule has 0 fully saturated rings. The quantitative estimate of drug-likeness (QED) is 0.529. The van der Waals surface area contributed by atoms with Crippen molar-refractivity contribution in [2.45, 2.75) is 9.79 Å². The highest BCUT2D eigenvalue weighted by molar-refractivity contribution is 7.99. The number of para-hydroxylation sites is 1. The first-order valence-corrected chi connectivity index (χ1v) is 8.38. The van der Waals surface area contributed by atoms with Gasteiger partial charge < -0.3 is 10.1 Å². The molecule has 0 radical (unpaired) electrons. The molecule has 2 aromatic carbocycles. The molecule has 0 aliphatic carbocycles. The summed E-state index contributed by atoms with van der Waals surface area (Å²) in [5.41, 5.74) is 1.76. The lowest BCUT2D eigenvalue weighted by molar-refractivity contribution is 0.0691. The Kier molecular flexibility index (Phi) is 3.67. The van der Waals surface area contributed by atoms with Crippen LogP contribution < -0.4 is 0 Å². The Morgan fingerprint density at radius 1 is 1.12 bits per heavy atom. The molecule has 2 aromatic heterocycles. The highest BCUT2D eigenvalue weighted by Crippen LogP contribution is 2.38. The monoisotopic (exact) mass is 354 g/mol. The van der Waals surface area contributed by atoms with Crippen LogP contribution in [0.3, 0.4) is 0 Å². The molecule has 2 heterocycles. The van der Waals surface area contributed by atoms with Gasteiger partial charge in [-0.2, -0.15) is 0 Å². The molecule has 6 heteroatoms. The van der Waals surface area contributed by atoms with Gasteiger partial charge in [-0.1, -0.05) is 41.6 Å². The normalized spacial score (nSPS) is 11.2. The number of H-pyrrole nitrogens is 1. The summed E-state index contributed by atoms with van der Waals surface area (Å²) in [6, 6.07) is 15.1. The van der Waals surface area contributed by atoms with Gasteiger partial charge in [-0.05, 0) is 30.3 Å². The lowest BCUT2D eigenvalue weighted by Crippen LogP contribution is -1.94. The predicted molar refractivity (Wildman–Crippen MR) is 96.1 cm³/mol. The fourth-order valence-electron chi connectivity index (χ4n) is 2.65. The Morgan fingerprint density at radius 2 is 1.96 bits per heavy atom. The average Bonchev–Trinajstić information content (AvgIpc) is 2.99. The summed E-state index contributed by atoms with van der Waals surface area (Å²) in [6.07, 6.45) is 1.76. The third kappa shape index (κ3) is 2.62. The number of pyridine rings is 1. The number of hydrogen-bond acceptors (Lipinski definition) is 3. The van der Waals surface area contributed by atoms with Crippen molar-refractivity contribution in [3.63, 3.8) is 0 Å². The van der Waals surface area contributed by atoms with E-state index in [4.69, 9.17) is 11.6 Å². The number of aromatic carboxylic acids is 1. The number of carboxylic acids is 1. The molecule has 0 saturated heterocycles. The minimum absolute atomic E-state index is 0.144. The topological polar surface area (TPSA) is 66.0 Å². The van der Waals surface area contributed by atoms with E-state index in [0.29, 0.717) is 10.5 Å². The maximum Gasteiger partial charge on any atom is 0.352 e. The van der Waals surface area contributed by atoms with E-state index in [1.165, 1.54) is 11.8 Å². The molecule has 0 aliphatic heterocycles. The number of aromatic nitrogens is 2. The summed E-state index contributed by atoms with van der Waals surface area (Å²) in [6.45, 7) is 0. The Labute approximate surface area is 146 Å². The highest BCUT2D eigenvalue weighted by Gasteiger charge is 2.13. The van der Waals surface area contributed by atoms with E-state index in [2.05, 4.69) is 9.97 Å². The number of halogens is 1. The molecule has 2 N–H and O–H groups in total. The van der Waals surface area contributed by atoms with Crippen LogP contribution in [0.1, 0.15) is 10.5 Å². The second-order valence-electron chi connectivity index (χ2n) is 5.29. The number of nitrogens with one attached hydrogen (secondary N) is 1. The van der Waals surface area contributed by atoms with E-state index in [1.807, 2.05) is 36.4 Å². The molecule has 4 aromatic rings. The van der Waals surface area contributed by atoms with Crippen molar-refractivity contribution in [1.82, 2.24) is 9.97 Å².